The molecule has 0 aromatic heterocycles. The van der Waals surface area contributed by atoms with Crippen LogP contribution < -0.4 is 5.32 Å². The van der Waals surface area contributed by atoms with Crippen LogP contribution in [0.15, 0.2) is 42.5 Å². The van der Waals surface area contributed by atoms with Crippen LogP contribution in [0.5, 0.6) is 0 Å². The van der Waals surface area contributed by atoms with Crippen molar-refractivity contribution in [2.24, 2.45) is 0 Å². The van der Waals surface area contributed by atoms with Crippen LogP contribution in [0.2, 0.25) is 0 Å². The second kappa shape index (κ2) is 6.69. The second-order valence-corrected chi connectivity index (χ2v) is 4.40. The summed E-state index contributed by atoms with van der Waals surface area (Å²) < 4.78 is 18.3. The summed E-state index contributed by atoms with van der Waals surface area (Å²) in [5.41, 5.74) is 3.08. The predicted molar refractivity (Wildman–Crippen MR) is 75.6 cm³/mol. The van der Waals surface area contributed by atoms with Gasteiger partial charge in [0.05, 0.1) is 18.2 Å². The lowest BCUT2D eigenvalue weighted by atomic mass is 10.1. The van der Waals surface area contributed by atoms with E-state index >= 15 is 0 Å². The van der Waals surface area contributed by atoms with E-state index in [1.165, 1.54) is 18.2 Å². The average Bonchev–Trinajstić information content (AvgIpc) is 2.46. The van der Waals surface area contributed by atoms with E-state index in [4.69, 9.17) is 10.00 Å². The molecule has 20 heavy (non-hydrogen) atoms. The van der Waals surface area contributed by atoms with Gasteiger partial charge in [-0.2, -0.15) is 5.26 Å². The number of nitrogens with one attached hydrogen (secondary N) is 1. The van der Waals surface area contributed by atoms with Crippen molar-refractivity contribution in [2.45, 2.75) is 13.2 Å². The summed E-state index contributed by atoms with van der Waals surface area (Å²) >= 11 is 0. The Morgan fingerprint density at radius 3 is 2.85 bits per heavy atom. The van der Waals surface area contributed by atoms with E-state index in [-0.39, 0.29) is 5.82 Å². The summed E-state index contributed by atoms with van der Waals surface area (Å²) in [7, 11) is 1.64. The minimum absolute atomic E-state index is 0.339. The Morgan fingerprint density at radius 2 is 2.10 bits per heavy atom. The maximum Gasteiger partial charge on any atom is 0.123 e. The summed E-state index contributed by atoms with van der Waals surface area (Å²) in [6, 6.07) is 14.0. The minimum atomic E-state index is -0.339. The maximum atomic E-state index is 13.2. The van der Waals surface area contributed by atoms with Crippen molar-refractivity contribution in [3.8, 4) is 6.07 Å². The highest BCUT2D eigenvalue weighted by molar-refractivity contribution is 5.47. The van der Waals surface area contributed by atoms with Gasteiger partial charge in [0, 0.05) is 19.3 Å². The quantitative estimate of drug-likeness (QED) is 0.905. The van der Waals surface area contributed by atoms with Crippen LogP contribution in [-0.4, -0.2) is 7.11 Å². The molecule has 0 saturated heterocycles. The lowest BCUT2D eigenvalue weighted by Crippen LogP contribution is -2.02. The van der Waals surface area contributed by atoms with E-state index in [1.807, 2.05) is 24.3 Å². The number of nitriles is 1. The number of rotatable bonds is 5. The Bertz CT molecular complexity index is 635. The standard InChI is InChI=1S/C16H15FN2O/c1-20-11-12-3-2-4-16(7-12)19-10-14-8-15(17)6-5-13(14)9-18/h2-8,19H,10-11H2,1H3. The molecule has 0 unspecified atom stereocenters. The van der Waals surface area contributed by atoms with Crippen LogP contribution in [0.3, 0.4) is 0 Å². The number of hydrogen-bond donors (Lipinski definition) is 1. The van der Waals surface area contributed by atoms with Gasteiger partial charge < -0.3 is 10.1 Å². The van der Waals surface area contributed by atoms with Crippen LogP contribution in [0.1, 0.15) is 16.7 Å². The number of ether oxygens (including phenoxy) is 1. The monoisotopic (exact) mass is 270 g/mol. The highest BCUT2D eigenvalue weighted by Gasteiger charge is 2.04. The van der Waals surface area contributed by atoms with Gasteiger partial charge in [0.25, 0.3) is 0 Å². The van der Waals surface area contributed by atoms with E-state index in [2.05, 4.69) is 11.4 Å². The minimum Gasteiger partial charge on any atom is -0.381 e. The highest BCUT2D eigenvalue weighted by atomic mass is 19.1. The number of nitrogens with zero attached hydrogens (tertiary/aromatic N) is 1. The van der Waals surface area contributed by atoms with Crippen molar-refractivity contribution in [3.63, 3.8) is 0 Å². The number of halogens is 1. The molecule has 2 aromatic rings. The van der Waals surface area contributed by atoms with Gasteiger partial charge in [-0.25, -0.2) is 4.39 Å². The molecule has 102 valence electrons. The van der Waals surface area contributed by atoms with Crippen molar-refractivity contribution >= 4 is 5.69 Å². The fourth-order valence-electron chi connectivity index (χ4n) is 1.95. The Balaban J connectivity index is 2.11. The third-order valence-electron chi connectivity index (χ3n) is 2.91. The zero-order valence-corrected chi connectivity index (χ0v) is 11.2. The van der Waals surface area contributed by atoms with E-state index in [0.29, 0.717) is 24.3 Å². The first-order valence-corrected chi connectivity index (χ1v) is 6.23. The number of methoxy groups -OCH3 is 1. The molecule has 2 aromatic carbocycles. The number of anilines is 1. The normalized spacial score (nSPS) is 10.1. The van der Waals surface area contributed by atoms with Gasteiger partial charge in [0.15, 0.2) is 0 Å². The van der Waals surface area contributed by atoms with E-state index < -0.39 is 0 Å². The van der Waals surface area contributed by atoms with Crippen molar-refractivity contribution in [1.82, 2.24) is 0 Å². The van der Waals surface area contributed by atoms with Gasteiger partial charge in [-0.3, -0.25) is 0 Å². The average molecular weight is 270 g/mol. The van der Waals surface area contributed by atoms with Crippen LogP contribution in [-0.2, 0) is 17.9 Å². The van der Waals surface area contributed by atoms with Gasteiger partial charge in [-0.15, -0.1) is 0 Å². The predicted octanol–water partition coefficient (Wildman–Crippen LogP) is 3.46. The molecule has 0 spiro atoms. The number of benzene rings is 2. The molecule has 0 saturated carbocycles. The second-order valence-electron chi connectivity index (χ2n) is 4.40. The van der Waals surface area contributed by atoms with E-state index in [0.717, 1.165) is 11.3 Å². The molecular weight excluding hydrogens is 255 g/mol. The summed E-state index contributed by atoms with van der Waals surface area (Å²) in [5.74, 6) is -0.339. The summed E-state index contributed by atoms with van der Waals surface area (Å²) in [6.07, 6.45) is 0. The van der Waals surface area contributed by atoms with Gasteiger partial charge >= 0.3 is 0 Å². The molecule has 0 amide bonds. The SMILES string of the molecule is COCc1cccc(NCc2cc(F)ccc2C#N)c1. The molecule has 0 aliphatic heterocycles. The highest BCUT2D eigenvalue weighted by Crippen LogP contribution is 2.15. The molecule has 0 aliphatic rings. The van der Waals surface area contributed by atoms with Crippen LogP contribution in [0.25, 0.3) is 0 Å². The van der Waals surface area contributed by atoms with Crippen molar-refractivity contribution in [2.75, 3.05) is 12.4 Å². The smallest absolute Gasteiger partial charge is 0.123 e. The molecule has 0 bridgehead atoms. The molecular formula is C16H15FN2O. The van der Waals surface area contributed by atoms with Crippen LogP contribution >= 0.6 is 0 Å². The first-order chi connectivity index (χ1) is 9.72. The van der Waals surface area contributed by atoms with Crippen molar-refractivity contribution in [1.29, 1.82) is 5.26 Å². The number of hydrogen-bond acceptors (Lipinski definition) is 3. The van der Waals surface area contributed by atoms with Crippen LogP contribution in [0, 0.1) is 17.1 Å². The molecule has 0 fully saturated rings. The molecule has 0 heterocycles. The van der Waals surface area contributed by atoms with E-state index in [9.17, 15) is 4.39 Å². The topological polar surface area (TPSA) is 45.0 Å². The van der Waals surface area contributed by atoms with Gasteiger partial charge in [-0.05, 0) is 41.5 Å². The molecule has 3 nitrogen and oxygen atoms in total. The zero-order valence-electron chi connectivity index (χ0n) is 11.2. The Labute approximate surface area is 117 Å². The third kappa shape index (κ3) is 3.56. The van der Waals surface area contributed by atoms with Gasteiger partial charge in [-0.1, -0.05) is 12.1 Å². The van der Waals surface area contributed by atoms with E-state index in [1.54, 1.807) is 7.11 Å². The Hall–Kier alpha value is -2.38. The molecule has 0 atom stereocenters. The third-order valence-corrected chi connectivity index (χ3v) is 2.91. The zero-order chi connectivity index (χ0) is 14.4. The van der Waals surface area contributed by atoms with Crippen molar-refractivity contribution in [3.05, 3.63) is 65.0 Å². The molecule has 2 rings (SSSR count). The fourth-order valence-corrected chi connectivity index (χ4v) is 1.95. The largest absolute Gasteiger partial charge is 0.381 e. The fraction of sp³-hybridized carbons (Fsp3) is 0.188. The molecule has 1 N–H and O–H groups in total. The first-order valence-electron chi connectivity index (χ1n) is 6.23. The lowest BCUT2D eigenvalue weighted by Gasteiger charge is -2.09. The molecule has 0 aliphatic carbocycles. The summed E-state index contributed by atoms with van der Waals surface area (Å²) in [4.78, 5) is 0. The van der Waals surface area contributed by atoms with Crippen LogP contribution in [0.4, 0.5) is 10.1 Å². The molecule has 0 radical (unpaired) electrons. The first kappa shape index (κ1) is 14.0. The Morgan fingerprint density at radius 1 is 1.25 bits per heavy atom. The summed E-state index contributed by atoms with van der Waals surface area (Å²) in [6.45, 7) is 0.940. The lowest BCUT2D eigenvalue weighted by molar-refractivity contribution is 0.185. The van der Waals surface area contributed by atoms with Gasteiger partial charge in [0.1, 0.15) is 5.82 Å². The Kier molecular flexibility index (Phi) is 4.70. The summed E-state index contributed by atoms with van der Waals surface area (Å²) in [5, 5.41) is 12.2. The van der Waals surface area contributed by atoms with Gasteiger partial charge in [0.2, 0.25) is 0 Å². The van der Waals surface area contributed by atoms with Crippen molar-refractivity contribution < 1.29 is 9.13 Å². The molecule has 4 heteroatoms. The maximum absolute atomic E-state index is 13.2.